The van der Waals surface area contributed by atoms with Gasteiger partial charge >= 0.3 is 0 Å². The molecule has 6 fully saturated rings. The van der Waals surface area contributed by atoms with Gasteiger partial charge in [0.15, 0.2) is 0 Å². The molecule has 2 heterocycles. The molecular formula is C27H44N4O2. The molecule has 184 valence electrons. The maximum atomic E-state index is 9.55. The van der Waals surface area contributed by atoms with Crippen LogP contribution in [0.15, 0.2) is 10.3 Å². The lowest BCUT2D eigenvalue weighted by Gasteiger charge is -2.40. The van der Waals surface area contributed by atoms with Crippen LogP contribution in [0.5, 0.6) is 0 Å². The first-order chi connectivity index (χ1) is 16.2. The molecule has 0 spiro atoms. The molecule has 6 rings (SSSR count). The SMILES string of the molecule is ON=C1C2CCC(C2)C1N1CCC(CCCC2CCN(C3C(=NO)C4CCC3C4)CC2)CC1. The van der Waals surface area contributed by atoms with Gasteiger partial charge < -0.3 is 10.4 Å². The van der Waals surface area contributed by atoms with Crippen LogP contribution < -0.4 is 0 Å². The summed E-state index contributed by atoms with van der Waals surface area (Å²) in [5.41, 5.74) is 2.22. The molecule has 4 aliphatic carbocycles. The molecule has 6 nitrogen and oxygen atoms in total. The molecule has 2 aliphatic heterocycles. The second-order valence-corrected chi connectivity index (χ2v) is 12.4. The zero-order valence-electron chi connectivity index (χ0n) is 20.3. The molecule has 0 aromatic carbocycles. The molecule has 0 radical (unpaired) electrons. The van der Waals surface area contributed by atoms with Gasteiger partial charge in [-0.25, -0.2) is 0 Å². The number of hydrogen-bond donors (Lipinski definition) is 2. The van der Waals surface area contributed by atoms with E-state index in [0.29, 0.717) is 23.9 Å². The Morgan fingerprint density at radius 3 is 1.42 bits per heavy atom. The summed E-state index contributed by atoms with van der Waals surface area (Å²) in [7, 11) is 0. The second kappa shape index (κ2) is 9.49. The van der Waals surface area contributed by atoms with Crippen LogP contribution in [0.25, 0.3) is 0 Å². The van der Waals surface area contributed by atoms with Crippen LogP contribution in [-0.4, -0.2) is 69.9 Å². The normalized spacial score (nSPS) is 42.9. The number of likely N-dealkylation sites (tertiary alicyclic amines) is 2. The van der Waals surface area contributed by atoms with Crippen LogP contribution in [-0.2, 0) is 0 Å². The van der Waals surface area contributed by atoms with Gasteiger partial charge in [-0.1, -0.05) is 29.6 Å². The lowest BCUT2D eigenvalue weighted by molar-refractivity contribution is 0.119. The summed E-state index contributed by atoms with van der Waals surface area (Å²) in [6, 6.07) is 0.901. The first kappa shape index (κ1) is 22.3. The number of oxime groups is 2. The minimum Gasteiger partial charge on any atom is -0.411 e. The summed E-state index contributed by atoms with van der Waals surface area (Å²) < 4.78 is 0. The zero-order valence-corrected chi connectivity index (χ0v) is 20.3. The van der Waals surface area contributed by atoms with Crippen molar-refractivity contribution in [2.75, 3.05) is 26.2 Å². The van der Waals surface area contributed by atoms with Gasteiger partial charge in [0.05, 0.1) is 23.5 Å². The Morgan fingerprint density at radius 1 is 0.606 bits per heavy atom. The minimum absolute atomic E-state index is 0.450. The van der Waals surface area contributed by atoms with E-state index in [2.05, 4.69) is 20.1 Å². The van der Waals surface area contributed by atoms with E-state index in [1.54, 1.807) is 0 Å². The molecule has 0 amide bonds. The van der Waals surface area contributed by atoms with Gasteiger partial charge in [-0.05, 0) is 114 Å². The molecule has 6 unspecified atom stereocenters. The second-order valence-electron chi connectivity index (χ2n) is 12.4. The van der Waals surface area contributed by atoms with Gasteiger partial charge in [0.2, 0.25) is 0 Å². The fourth-order valence-corrected chi connectivity index (χ4v) is 9.10. The van der Waals surface area contributed by atoms with Gasteiger partial charge in [-0.2, -0.15) is 0 Å². The topological polar surface area (TPSA) is 71.7 Å². The fraction of sp³-hybridized carbons (Fsp3) is 0.926. The number of rotatable bonds is 6. The van der Waals surface area contributed by atoms with Gasteiger partial charge in [0, 0.05) is 11.8 Å². The van der Waals surface area contributed by atoms with Crippen LogP contribution in [0.4, 0.5) is 0 Å². The summed E-state index contributed by atoms with van der Waals surface area (Å²) in [4.78, 5) is 5.31. The van der Waals surface area contributed by atoms with E-state index in [1.807, 2.05) is 0 Å². The number of hydrogen-bond acceptors (Lipinski definition) is 6. The van der Waals surface area contributed by atoms with Crippen molar-refractivity contribution in [3.05, 3.63) is 0 Å². The van der Waals surface area contributed by atoms with Gasteiger partial charge in [-0.3, -0.25) is 9.80 Å². The average molecular weight is 457 g/mol. The smallest absolute Gasteiger partial charge is 0.0775 e. The van der Waals surface area contributed by atoms with Crippen molar-refractivity contribution in [1.29, 1.82) is 0 Å². The van der Waals surface area contributed by atoms with Crippen LogP contribution in [0.2, 0.25) is 0 Å². The van der Waals surface area contributed by atoms with E-state index in [0.717, 1.165) is 35.1 Å². The highest BCUT2D eigenvalue weighted by Gasteiger charge is 2.49. The quantitative estimate of drug-likeness (QED) is 0.443. The summed E-state index contributed by atoms with van der Waals surface area (Å²) in [6.07, 6.45) is 17.2. The molecule has 2 saturated heterocycles. The molecule has 0 aromatic rings. The molecular weight excluding hydrogens is 412 g/mol. The summed E-state index contributed by atoms with van der Waals surface area (Å²) in [5.74, 6) is 4.43. The molecule has 2 N–H and O–H groups in total. The van der Waals surface area contributed by atoms with E-state index in [-0.39, 0.29) is 0 Å². The lowest BCUT2D eigenvalue weighted by atomic mass is 9.84. The van der Waals surface area contributed by atoms with Gasteiger partial charge in [0.1, 0.15) is 0 Å². The van der Waals surface area contributed by atoms with Crippen molar-refractivity contribution >= 4 is 11.4 Å². The van der Waals surface area contributed by atoms with Crippen molar-refractivity contribution < 1.29 is 10.4 Å². The number of fused-ring (bicyclic) bond motifs is 4. The maximum Gasteiger partial charge on any atom is 0.0775 e. The van der Waals surface area contributed by atoms with Crippen molar-refractivity contribution in [3.8, 4) is 0 Å². The predicted molar refractivity (Wildman–Crippen MR) is 130 cm³/mol. The minimum atomic E-state index is 0.450. The maximum absolute atomic E-state index is 9.55. The monoisotopic (exact) mass is 456 g/mol. The highest BCUT2D eigenvalue weighted by atomic mass is 16.4. The van der Waals surface area contributed by atoms with Gasteiger partial charge in [0.25, 0.3) is 0 Å². The highest BCUT2D eigenvalue weighted by molar-refractivity contribution is 5.95. The van der Waals surface area contributed by atoms with Crippen LogP contribution in [0, 0.1) is 35.5 Å². The molecule has 4 saturated carbocycles. The Balaban J connectivity index is 0.904. The van der Waals surface area contributed by atoms with Gasteiger partial charge in [-0.15, -0.1) is 0 Å². The van der Waals surface area contributed by atoms with E-state index in [4.69, 9.17) is 0 Å². The lowest BCUT2D eigenvalue weighted by Crippen LogP contribution is -2.48. The Bertz CT molecular complexity index is 691. The summed E-state index contributed by atoms with van der Waals surface area (Å²) in [6.45, 7) is 4.81. The Kier molecular flexibility index (Phi) is 6.42. The summed E-state index contributed by atoms with van der Waals surface area (Å²) >= 11 is 0. The van der Waals surface area contributed by atoms with Crippen molar-refractivity contribution in [1.82, 2.24) is 9.80 Å². The molecule has 0 aromatic heterocycles. The van der Waals surface area contributed by atoms with Crippen LogP contribution in [0.1, 0.15) is 83.5 Å². The largest absolute Gasteiger partial charge is 0.411 e. The molecule has 33 heavy (non-hydrogen) atoms. The zero-order chi connectivity index (χ0) is 22.4. The van der Waals surface area contributed by atoms with Crippen LogP contribution in [0.3, 0.4) is 0 Å². The number of nitrogens with zero attached hydrogens (tertiary/aromatic N) is 4. The van der Waals surface area contributed by atoms with Crippen molar-refractivity contribution in [2.24, 2.45) is 45.8 Å². The average Bonchev–Trinajstić information content (AvgIpc) is 3.65. The third kappa shape index (κ3) is 4.13. The Labute approximate surface area is 199 Å². The van der Waals surface area contributed by atoms with E-state index >= 15 is 0 Å². The van der Waals surface area contributed by atoms with Crippen LogP contribution >= 0.6 is 0 Å². The number of piperidine rings is 2. The molecule has 4 bridgehead atoms. The van der Waals surface area contributed by atoms with E-state index in [1.165, 1.54) is 110 Å². The summed E-state index contributed by atoms with van der Waals surface area (Å²) in [5, 5.41) is 26.6. The fourth-order valence-electron chi connectivity index (χ4n) is 9.10. The predicted octanol–water partition coefficient (Wildman–Crippen LogP) is 4.84. The molecule has 6 atom stereocenters. The highest BCUT2D eigenvalue weighted by Crippen LogP contribution is 2.47. The molecule has 6 aliphatic rings. The van der Waals surface area contributed by atoms with E-state index in [9.17, 15) is 10.4 Å². The standard InChI is InChI=1S/C27H44N4O2/c32-28-24-20-4-6-22(16-20)26(24)30-12-8-18(9-13-30)2-1-3-19-10-14-31(15-11-19)27-23-7-5-21(17-23)25(27)29-33/h18-23,26-27,32-33H,1-17H2. The van der Waals surface area contributed by atoms with E-state index < -0.39 is 0 Å². The third-order valence-electron chi connectivity index (χ3n) is 10.8. The Morgan fingerprint density at radius 2 is 1.03 bits per heavy atom. The van der Waals surface area contributed by atoms with Crippen molar-refractivity contribution in [2.45, 2.75) is 95.6 Å². The first-order valence-corrected chi connectivity index (χ1v) is 14.2. The van der Waals surface area contributed by atoms with Crippen molar-refractivity contribution in [3.63, 3.8) is 0 Å². The molecule has 6 heteroatoms. The third-order valence-corrected chi connectivity index (χ3v) is 10.8. The first-order valence-electron chi connectivity index (χ1n) is 14.2. The Hall–Kier alpha value is -1.14.